The molecule has 4 aromatic rings. The smallest absolute Gasteiger partial charge is 0.233 e. The molecule has 39 heavy (non-hydrogen) atoms. The van der Waals surface area contributed by atoms with E-state index in [1.54, 1.807) is 12.1 Å². The van der Waals surface area contributed by atoms with E-state index in [0.29, 0.717) is 35.5 Å². The Hall–Kier alpha value is -4.14. The van der Waals surface area contributed by atoms with Crippen LogP contribution in [0.5, 0.6) is 5.75 Å². The predicted molar refractivity (Wildman–Crippen MR) is 154 cm³/mol. The minimum absolute atomic E-state index is 0.0468. The number of ketones is 1. The number of nitrogens with zero attached hydrogens (tertiary/aromatic N) is 5. The Morgan fingerprint density at radius 2 is 1.46 bits per heavy atom. The predicted octanol–water partition coefficient (Wildman–Crippen LogP) is 5.14. The van der Waals surface area contributed by atoms with Crippen LogP contribution in [0.1, 0.15) is 49.7 Å². The molecule has 9 heteroatoms. The van der Waals surface area contributed by atoms with Crippen molar-refractivity contribution in [1.29, 1.82) is 0 Å². The van der Waals surface area contributed by atoms with Crippen LogP contribution in [0.25, 0.3) is 10.9 Å². The van der Waals surface area contributed by atoms with Crippen molar-refractivity contribution in [2.45, 2.75) is 51.4 Å². The SMILES string of the molecule is O=C(Cc1ccc(Nc2nc(N3CCCCC3)nc(N3CCCCC3)n2)cc1O)Cc1c[nH]c2ccccc12. The highest BCUT2D eigenvalue weighted by Crippen LogP contribution is 2.28. The standard InChI is InChI=1S/C30H35N7O2/c38-24(18-22-20-31-26-10-4-3-9-25(22)26)17-21-11-12-23(19-27(21)39)32-28-33-29(36-13-5-1-6-14-36)35-30(34-28)37-15-7-2-8-16-37/h3-4,9-12,19-20,31,39H,1-2,5-8,13-18H2,(H,32,33,34,35). The first kappa shape index (κ1) is 25.2. The summed E-state index contributed by atoms with van der Waals surface area (Å²) in [6, 6.07) is 13.2. The summed E-state index contributed by atoms with van der Waals surface area (Å²) < 4.78 is 0. The van der Waals surface area contributed by atoms with E-state index in [0.717, 1.165) is 68.3 Å². The van der Waals surface area contributed by atoms with Gasteiger partial charge in [0.1, 0.15) is 11.5 Å². The maximum atomic E-state index is 12.9. The van der Waals surface area contributed by atoms with Gasteiger partial charge in [0.05, 0.1) is 0 Å². The van der Waals surface area contributed by atoms with Crippen molar-refractivity contribution in [3.63, 3.8) is 0 Å². The van der Waals surface area contributed by atoms with Gasteiger partial charge < -0.3 is 25.2 Å². The van der Waals surface area contributed by atoms with Gasteiger partial charge in [-0.3, -0.25) is 4.79 Å². The number of para-hydroxylation sites is 1. The Kier molecular flexibility index (Phi) is 7.29. The zero-order chi connectivity index (χ0) is 26.6. The average Bonchev–Trinajstić information content (AvgIpc) is 3.38. The van der Waals surface area contributed by atoms with Gasteiger partial charge in [-0.05, 0) is 56.2 Å². The average molecular weight is 526 g/mol. The number of Topliss-reactive ketones (excluding diaryl/α,β-unsaturated/α-hetero) is 1. The third-order valence-corrected chi connectivity index (χ3v) is 7.68. The van der Waals surface area contributed by atoms with Crippen LogP contribution in [0.4, 0.5) is 23.5 Å². The molecule has 2 aliphatic heterocycles. The molecule has 0 atom stereocenters. The second-order valence-corrected chi connectivity index (χ2v) is 10.6. The number of aromatic amines is 1. The summed E-state index contributed by atoms with van der Waals surface area (Å²) >= 11 is 0. The van der Waals surface area contributed by atoms with Crippen molar-refractivity contribution in [3.05, 3.63) is 59.8 Å². The van der Waals surface area contributed by atoms with Crippen LogP contribution in [0, 0.1) is 0 Å². The van der Waals surface area contributed by atoms with Crippen molar-refractivity contribution in [3.8, 4) is 5.75 Å². The van der Waals surface area contributed by atoms with E-state index < -0.39 is 0 Å². The molecule has 2 aliphatic rings. The number of piperidine rings is 2. The van der Waals surface area contributed by atoms with Crippen molar-refractivity contribution >= 4 is 40.2 Å². The second kappa shape index (κ2) is 11.3. The summed E-state index contributed by atoms with van der Waals surface area (Å²) in [4.78, 5) is 34.9. The number of fused-ring (bicyclic) bond motifs is 1. The van der Waals surface area contributed by atoms with Gasteiger partial charge in [-0.15, -0.1) is 0 Å². The lowest BCUT2D eigenvalue weighted by atomic mass is 10.0. The first-order valence-electron chi connectivity index (χ1n) is 14.0. The molecule has 2 saturated heterocycles. The van der Waals surface area contributed by atoms with Gasteiger partial charge in [0.15, 0.2) is 0 Å². The molecule has 0 spiro atoms. The fraction of sp³-hybridized carbons (Fsp3) is 0.400. The maximum absolute atomic E-state index is 12.9. The lowest BCUT2D eigenvalue weighted by Crippen LogP contribution is -2.34. The summed E-state index contributed by atoms with van der Waals surface area (Å²) in [5.41, 5.74) is 3.26. The van der Waals surface area contributed by atoms with Crippen LogP contribution in [0.3, 0.4) is 0 Å². The van der Waals surface area contributed by atoms with Crippen molar-refractivity contribution < 1.29 is 9.90 Å². The number of benzene rings is 2. The number of aromatic nitrogens is 4. The summed E-state index contributed by atoms with van der Waals surface area (Å²) in [6.07, 6.45) is 9.40. The largest absolute Gasteiger partial charge is 0.508 e. The van der Waals surface area contributed by atoms with Gasteiger partial charge >= 0.3 is 0 Å². The molecule has 3 N–H and O–H groups in total. The molecule has 0 aliphatic carbocycles. The number of anilines is 4. The Balaban J connectivity index is 1.18. The summed E-state index contributed by atoms with van der Waals surface area (Å²) in [5, 5.41) is 15.1. The topological polar surface area (TPSA) is 110 Å². The zero-order valence-corrected chi connectivity index (χ0v) is 22.2. The van der Waals surface area contributed by atoms with Crippen LogP contribution in [0.15, 0.2) is 48.7 Å². The molecule has 2 aromatic carbocycles. The third-order valence-electron chi connectivity index (χ3n) is 7.68. The normalized spacial score (nSPS) is 16.0. The monoisotopic (exact) mass is 525 g/mol. The number of carbonyl (C=O) groups excluding carboxylic acids is 1. The number of phenolic OH excluding ortho intramolecular Hbond substituents is 1. The van der Waals surface area contributed by atoms with E-state index in [1.807, 2.05) is 36.5 Å². The van der Waals surface area contributed by atoms with Gasteiger partial charge in [-0.1, -0.05) is 24.3 Å². The molecule has 4 heterocycles. The zero-order valence-electron chi connectivity index (χ0n) is 22.2. The Morgan fingerprint density at radius 3 is 2.13 bits per heavy atom. The molecule has 6 rings (SSSR count). The number of rotatable bonds is 8. The number of phenols is 1. The first-order chi connectivity index (χ1) is 19.1. The first-order valence-corrected chi connectivity index (χ1v) is 14.0. The fourth-order valence-corrected chi connectivity index (χ4v) is 5.57. The minimum Gasteiger partial charge on any atom is -0.508 e. The molecule has 0 amide bonds. The van der Waals surface area contributed by atoms with E-state index in [-0.39, 0.29) is 18.0 Å². The van der Waals surface area contributed by atoms with E-state index >= 15 is 0 Å². The molecular weight excluding hydrogens is 490 g/mol. The van der Waals surface area contributed by atoms with Crippen LogP contribution in [-0.2, 0) is 17.6 Å². The lowest BCUT2D eigenvalue weighted by Gasteiger charge is -2.30. The van der Waals surface area contributed by atoms with Gasteiger partial charge in [0.25, 0.3) is 0 Å². The summed E-state index contributed by atoms with van der Waals surface area (Å²) in [6.45, 7) is 3.80. The third kappa shape index (κ3) is 5.82. The molecule has 2 aromatic heterocycles. The Bertz CT molecular complexity index is 1420. The number of aromatic hydroxyl groups is 1. The second-order valence-electron chi connectivity index (χ2n) is 10.6. The molecule has 202 valence electrons. The number of nitrogens with one attached hydrogen (secondary N) is 2. The number of H-pyrrole nitrogens is 1. The van der Waals surface area contributed by atoms with Crippen molar-refractivity contribution in [1.82, 2.24) is 19.9 Å². The van der Waals surface area contributed by atoms with Crippen LogP contribution >= 0.6 is 0 Å². The van der Waals surface area contributed by atoms with Gasteiger partial charge in [-0.25, -0.2) is 0 Å². The van der Waals surface area contributed by atoms with Gasteiger partial charge in [0.2, 0.25) is 17.8 Å². The summed E-state index contributed by atoms with van der Waals surface area (Å²) in [7, 11) is 0. The van der Waals surface area contributed by atoms with Crippen LogP contribution in [0.2, 0.25) is 0 Å². The number of hydrogen-bond acceptors (Lipinski definition) is 8. The van der Waals surface area contributed by atoms with Gasteiger partial charge in [0, 0.05) is 73.4 Å². The molecule has 0 unspecified atom stereocenters. The molecule has 0 radical (unpaired) electrons. The highest BCUT2D eigenvalue weighted by Gasteiger charge is 2.21. The number of carbonyl (C=O) groups is 1. The van der Waals surface area contributed by atoms with Crippen LogP contribution < -0.4 is 15.1 Å². The number of hydrogen-bond donors (Lipinski definition) is 3. The Labute approximate surface area is 228 Å². The molecular formula is C30H35N7O2. The lowest BCUT2D eigenvalue weighted by molar-refractivity contribution is -0.117. The molecule has 2 fully saturated rings. The van der Waals surface area contributed by atoms with E-state index in [2.05, 4.69) is 20.1 Å². The van der Waals surface area contributed by atoms with Gasteiger partial charge in [-0.2, -0.15) is 15.0 Å². The summed E-state index contributed by atoms with van der Waals surface area (Å²) in [5.74, 6) is 2.00. The van der Waals surface area contributed by atoms with E-state index in [9.17, 15) is 9.90 Å². The van der Waals surface area contributed by atoms with E-state index in [4.69, 9.17) is 15.0 Å². The van der Waals surface area contributed by atoms with E-state index in [1.165, 1.54) is 12.8 Å². The molecule has 9 nitrogen and oxygen atoms in total. The van der Waals surface area contributed by atoms with Crippen molar-refractivity contribution in [2.24, 2.45) is 0 Å². The molecule has 0 saturated carbocycles. The highest BCUT2D eigenvalue weighted by atomic mass is 16.3. The highest BCUT2D eigenvalue weighted by molar-refractivity contribution is 5.90. The van der Waals surface area contributed by atoms with Crippen LogP contribution in [-0.4, -0.2) is 57.0 Å². The Morgan fingerprint density at radius 1 is 0.821 bits per heavy atom. The maximum Gasteiger partial charge on any atom is 0.233 e. The minimum atomic E-state index is 0.0468. The van der Waals surface area contributed by atoms with Crippen molar-refractivity contribution in [2.75, 3.05) is 41.3 Å². The quantitative estimate of drug-likeness (QED) is 0.290. The fourth-order valence-electron chi connectivity index (χ4n) is 5.57. The molecule has 0 bridgehead atoms.